The number of carbonyl (C=O) groups excluding carboxylic acids is 1. The van der Waals surface area contributed by atoms with Crippen molar-refractivity contribution in [2.75, 3.05) is 6.54 Å². The first kappa shape index (κ1) is 16.3. The molecule has 120 valence electrons. The van der Waals surface area contributed by atoms with Crippen LogP contribution in [0.25, 0.3) is 0 Å². The van der Waals surface area contributed by atoms with Gasteiger partial charge in [0.2, 0.25) is 5.91 Å². The SMILES string of the molecule is CCC(CC1CCCCC1)C(=O)N1CCC(C(=O)O)C1C. The fourth-order valence-corrected chi connectivity index (χ4v) is 4.08. The maximum Gasteiger partial charge on any atom is 0.308 e. The summed E-state index contributed by atoms with van der Waals surface area (Å²) < 4.78 is 0. The molecule has 1 saturated carbocycles. The Morgan fingerprint density at radius 2 is 1.86 bits per heavy atom. The van der Waals surface area contributed by atoms with Crippen molar-refractivity contribution >= 4 is 11.9 Å². The van der Waals surface area contributed by atoms with E-state index in [1.807, 2.05) is 11.8 Å². The Morgan fingerprint density at radius 1 is 1.19 bits per heavy atom. The zero-order valence-corrected chi connectivity index (χ0v) is 13.4. The Labute approximate surface area is 127 Å². The van der Waals surface area contributed by atoms with Crippen molar-refractivity contribution < 1.29 is 14.7 Å². The Bertz CT molecular complexity index is 376. The average Bonchev–Trinajstić information content (AvgIpc) is 2.87. The Morgan fingerprint density at radius 3 is 2.38 bits per heavy atom. The van der Waals surface area contributed by atoms with Crippen LogP contribution in [0.4, 0.5) is 0 Å². The molecule has 2 aliphatic rings. The Balaban J connectivity index is 1.94. The number of carboxylic acid groups (broad SMARTS) is 1. The standard InChI is InChI=1S/C17H29NO3/c1-3-14(11-13-7-5-4-6-8-13)16(19)18-10-9-15(12(18)2)17(20)21/h12-15H,3-11H2,1-2H3,(H,20,21). The van der Waals surface area contributed by atoms with Gasteiger partial charge in [0.05, 0.1) is 5.92 Å². The molecule has 3 atom stereocenters. The molecule has 1 heterocycles. The van der Waals surface area contributed by atoms with Gasteiger partial charge in [-0.1, -0.05) is 39.0 Å². The second kappa shape index (κ2) is 7.28. The lowest BCUT2D eigenvalue weighted by Crippen LogP contribution is -2.41. The second-order valence-corrected chi connectivity index (χ2v) is 6.85. The van der Waals surface area contributed by atoms with E-state index in [1.165, 1.54) is 32.1 Å². The maximum atomic E-state index is 12.8. The molecule has 3 unspecified atom stereocenters. The number of aliphatic carboxylic acids is 1. The summed E-state index contributed by atoms with van der Waals surface area (Å²) >= 11 is 0. The van der Waals surface area contributed by atoms with Gasteiger partial charge in [0, 0.05) is 18.5 Å². The van der Waals surface area contributed by atoms with Gasteiger partial charge in [0.25, 0.3) is 0 Å². The molecule has 2 fully saturated rings. The van der Waals surface area contributed by atoms with Crippen molar-refractivity contribution in [2.45, 2.75) is 71.3 Å². The summed E-state index contributed by atoms with van der Waals surface area (Å²) in [4.78, 5) is 25.8. The monoisotopic (exact) mass is 295 g/mol. The predicted molar refractivity (Wildman–Crippen MR) is 81.9 cm³/mol. The van der Waals surface area contributed by atoms with Crippen LogP contribution >= 0.6 is 0 Å². The largest absolute Gasteiger partial charge is 0.481 e. The highest BCUT2D eigenvalue weighted by Gasteiger charge is 2.40. The molecule has 21 heavy (non-hydrogen) atoms. The summed E-state index contributed by atoms with van der Waals surface area (Å²) in [6.45, 7) is 4.58. The molecule has 0 radical (unpaired) electrons. The van der Waals surface area contributed by atoms with Gasteiger partial charge in [0.15, 0.2) is 0 Å². The lowest BCUT2D eigenvalue weighted by atomic mass is 9.81. The minimum absolute atomic E-state index is 0.0862. The van der Waals surface area contributed by atoms with Crippen molar-refractivity contribution in [3.63, 3.8) is 0 Å². The zero-order valence-electron chi connectivity index (χ0n) is 13.4. The number of hydrogen-bond acceptors (Lipinski definition) is 2. The summed E-state index contributed by atoms with van der Waals surface area (Å²) in [5, 5.41) is 9.20. The number of nitrogens with zero attached hydrogens (tertiary/aromatic N) is 1. The van der Waals surface area contributed by atoms with Crippen LogP contribution in [0, 0.1) is 17.8 Å². The molecule has 1 aliphatic carbocycles. The van der Waals surface area contributed by atoms with E-state index in [4.69, 9.17) is 0 Å². The Hall–Kier alpha value is -1.06. The van der Waals surface area contributed by atoms with Crippen LogP contribution in [0.5, 0.6) is 0 Å². The highest BCUT2D eigenvalue weighted by Crippen LogP contribution is 2.33. The Kier molecular flexibility index (Phi) is 5.65. The van der Waals surface area contributed by atoms with Gasteiger partial charge in [-0.2, -0.15) is 0 Å². The zero-order chi connectivity index (χ0) is 15.4. The van der Waals surface area contributed by atoms with Gasteiger partial charge in [0.1, 0.15) is 0 Å². The molecule has 4 nitrogen and oxygen atoms in total. The molecule has 1 amide bonds. The molecule has 4 heteroatoms. The first-order valence-corrected chi connectivity index (χ1v) is 8.57. The third-order valence-electron chi connectivity index (χ3n) is 5.54. The summed E-state index contributed by atoms with van der Waals surface area (Å²) in [6, 6.07) is -0.157. The van der Waals surface area contributed by atoms with Crippen LogP contribution < -0.4 is 0 Å². The number of rotatable bonds is 5. The number of likely N-dealkylation sites (tertiary alicyclic amines) is 1. The number of carboxylic acids is 1. The van der Waals surface area contributed by atoms with E-state index >= 15 is 0 Å². The van der Waals surface area contributed by atoms with Crippen LogP contribution in [0.3, 0.4) is 0 Å². The van der Waals surface area contributed by atoms with Gasteiger partial charge in [-0.25, -0.2) is 0 Å². The fraction of sp³-hybridized carbons (Fsp3) is 0.882. The average molecular weight is 295 g/mol. The molecule has 2 rings (SSSR count). The van der Waals surface area contributed by atoms with E-state index in [2.05, 4.69) is 6.92 Å². The predicted octanol–water partition coefficient (Wildman–Crippen LogP) is 3.30. The van der Waals surface area contributed by atoms with E-state index in [9.17, 15) is 14.7 Å². The first-order chi connectivity index (χ1) is 10.0. The van der Waals surface area contributed by atoms with Crippen LogP contribution in [0.2, 0.25) is 0 Å². The summed E-state index contributed by atoms with van der Waals surface area (Å²) in [5.41, 5.74) is 0. The molecule has 0 aromatic carbocycles. The van der Waals surface area contributed by atoms with Gasteiger partial charge < -0.3 is 10.0 Å². The molecule has 0 aromatic rings. The normalized spacial score (nSPS) is 28.6. The molecule has 1 N–H and O–H groups in total. The van der Waals surface area contributed by atoms with Crippen LogP contribution in [0.1, 0.15) is 65.2 Å². The molecular weight excluding hydrogens is 266 g/mol. The van der Waals surface area contributed by atoms with E-state index in [1.54, 1.807) is 0 Å². The molecule has 1 saturated heterocycles. The lowest BCUT2D eigenvalue weighted by molar-refractivity contribution is -0.143. The number of carbonyl (C=O) groups is 2. The second-order valence-electron chi connectivity index (χ2n) is 6.85. The highest BCUT2D eigenvalue weighted by atomic mass is 16.4. The lowest BCUT2D eigenvalue weighted by Gasteiger charge is -2.30. The quantitative estimate of drug-likeness (QED) is 0.846. The molecule has 1 aliphatic heterocycles. The fourth-order valence-electron chi connectivity index (χ4n) is 4.08. The van der Waals surface area contributed by atoms with E-state index in [0.717, 1.165) is 12.8 Å². The van der Waals surface area contributed by atoms with E-state index < -0.39 is 5.97 Å². The third kappa shape index (κ3) is 3.78. The van der Waals surface area contributed by atoms with Gasteiger partial charge >= 0.3 is 5.97 Å². The minimum Gasteiger partial charge on any atom is -0.481 e. The molecule has 0 aromatic heterocycles. The van der Waals surface area contributed by atoms with Gasteiger partial charge in [-0.05, 0) is 32.1 Å². The number of amides is 1. The van der Waals surface area contributed by atoms with Crippen LogP contribution in [-0.4, -0.2) is 34.5 Å². The van der Waals surface area contributed by atoms with E-state index in [0.29, 0.717) is 18.9 Å². The van der Waals surface area contributed by atoms with Crippen molar-refractivity contribution in [3.05, 3.63) is 0 Å². The molecular formula is C17H29NO3. The summed E-state index contributed by atoms with van der Waals surface area (Å²) in [6.07, 6.45) is 8.93. The van der Waals surface area contributed by atoms with Gasteiger partial charge in [-0.3, -0.25) is 9.59 Å². The third-order valence-corrected chi connectivity index (χ3v) is 5.54. The minimum atomic E-state index is -0.766. The first-order valence-electron chi connectivity index (χ1n) is 8.57. The summed E-state index contributed by atoms with van der Waals surface area (Å²) in [7, 11) is 0. The summed E-state index contributed by atoms with van der Waals surface area (Å²) in [5.74, 6) is -0.178. The number of hydrogen-bond donors (Lipinski definition) is 1. The van der Waals surface area contributed by atoms with Crippen molar-refractivity contribution in [1.82, 2.24) is 4.90 Å². The van der Waals surface area contributed by atoms with Crippen molar-refractivity contribution in [3.8, 4) is 0 Å². The van der Waals surface area contributed by atoms with Crippen molar-refractivity contribution in [1.29, 1.82) is 0 Å². The van der Waals surface area contributed by atoms with Gasteiger partial charge in [-0.15, -0.1) is 0 Å². The van der Waals surface area contributed by atoms with Crippen LogP contribution in [-0.2, 0) is 9.59 Å². The maximum absolute atomic E-state index is 12.8. The van der Waals surface area contributed by atoms with Crippen LogP contribution in [0.15, 0.2) is 0 Å². The highest BCUT2D eigenvalue weighted by molar-refractivity contribution is 5.81. The van der Waals surface area contributed by atoms with E-state index in [-0.39, 0.29) is 23.8 Å². The van der Waals surface area contributed by atoms with Crippen molar-refractivity contribution in [2.24, 2.45) is 17.8 Å². The molecule has 0 spiro atoms. The smallest absolute Gasteiger partial charge is 0.308 e. The topological polar surface area (TPSA) is 57.6 Å². The molecule has 0 bridgehead atoms.